The van der Waals surface area contributed by atoms with Gasteiger partial charge in [0.1, 0.15) is 4.91 Å². The Kier molecular flexibility index (Phi) is 8.62. The van der Waals surface area contributed by atoms with Crippen molar-refractivity contribution in [3.8, 4) is 11.8 Å². The zero-order valence-electron chi connectivity index (χ0n) is 20.2. The molecule has 34 heavy (non-hydrogen) atoms. The summed E-state index contributed by atoms with van der Waals surface area (Å²) in [6.45, 7) is 6.74. The normalized spacial score (nSPS) is 22.8. The van der Waals surface area contributed by atoms with Gasteiger partial charge in [0.2, 0.25) is 0 Å². The van der Waals surface area contributed by atoms with E-state index in [-0.39, 0.29) is 33.2 Å². The van der Waals surface area contributed by atoms with Crippen molar-refractivity contribution in [3.05, 3.63) is 39.4 Å². The van der Waals surface area contributed by atoms with Crippen LogP contribution in [0.4, 0.5) is 5.69 Å². The molecule has 8 heteroatoms. The molecule has 1 heterocycles. The molecule has 184 valence electrons. The molecule has 6 nitrogen and oxygen atoms in total. The Bertz CT molecular complexity index is 1030. The molecule has 1 amide bonds. The first-order valence-corrected chi connectivity index (χ1v) is 12.8. The summed E-state index contributed by atoms with van der Waals surface area (Å²) in [7, 11) is 1.70. The number of carboxylic acids is 1. The number of methoxy groups -OCH3 is 1. The number of anilines is 1. The zero-order chi connectivity index (χ0) is 25.0. The third-order valence-electron chi connectivity index (χ3n) is 6.04. The minimum atomic E-state index is -1.03. The maximum Gasteiger partial charge on any atom is 0.344 e. The van der Waals surface area contributed by atoms with Crippen molar-refractivity contribution in [1.82, 2.24) is 4.90 Å². The van der Waals surface area contributed by atoms with Crippen LogP contribution in [0.1, 0.15) is 63.2 Å². The van der Waals surface area contributed by atoms with Crippen LogP contribution in [-0.2, 0) is 9.53 Å². The summed E-state index contributed by atoms with van der Waals surface area (Å²) in [5, 5.41) is 10.2. The van der Waals surface area contributed by atoms with Crippen molar-refractivity contribution >= 4 is 40.9 Å². The molecule has 0 bridgehead atoms. The lowest BCUT2D eigenvalue weighted by atomic mass is 9.85. The number of carbonyl (C=O) groups is 2. The maximum atomic E-state index is 13.9. The Labute approximate surface area is 211 Å². The molecule has 1 aliphatic carbocycles. The van der Waals surface area contributed by atoms with Crippen molar-refractivity contribution in [1.29, 1.82) is 0 Å². The Morgan fingerprint density at radius 2 is 1.94 bits per heavy atom. The number of allylic oxidation sites excluding steroid dienone is 1. The first kappa shape index (κ1) is 26.5. The van der Waals surface area contributed by atoms with E-state index in [0.717, 1.165) is 25.7 Å². The lowest BCUT2D eigenvalue weighted by molar-refractivity contribution is -0.131. The predicted molar refractivity (Wildman–Crippen MR) is 138 cm³/mol. The number of hydrogen-bond donors (Lipinski definition) is 2. The minimum absolute atomic E-state index is 0.116. The average molecular weight is 505 g/mol. The number of nitrogen functional groups attached to an aromatic ring is 1. The largest absolute Gasteiger partial charge is 0.477 e. The number of benzene rings is 1. The summed E-state index contributed by atoms with van der Waals surface area (Å²) >= 11 is 7.28. The second kappa shape index (κ2) is 11.1. The maximum absolute atomic E-state index is 13.9. The van der Waals surface area contributed by atoms with Crippen LogP contribution in [0.2, 0.25) is 5.02 Å². The number of nitrogens with zero attached hydrogens (tertiary/aromatic N) is 1. The van der Waals surface area contributed by atoms with Gasteiger partial charge in [-0.15, -0.1) is 0 Å². The third-order valence-corrected chi connectivity index (χ3v) is 7.49. The number of thioether (sulfide) groups is 1. The molecule has 1 saturated carbocycles. The molecule has 0 radical (unpaired) electrons. The van der Waals surface area contributed by atoms with Crippen molar-refractivity contribution in [3.63, 3.8) is 0 Å². The predicted octanol–water partition coefficient (Wildman–Crippen LogP) is 5.42. The quantitative estimate of drug-likeness (QED) is 0.397. The molecule has 0 saturated heterocycles. The monoisotopic (exact) mass is 504 g/mol. The fourth-order valence-electron chi connectivity index (χ4n) is 4.45. The van der Waals surface area contributed by atoms with E-state index < -0.39 is 5.97 Å². The molecule has 1 aromatic carbocycles. The lowest BCUT2D eigenvalue weighted by Gasteiger charge is -2.38. The van der Waals surface area contributed by atoms with E-state index in [1.807, 2.05) is 20.8 Å². The highest BCUT2D eigenvalue weighted by Crippen LogP contribution is 2.43. The van der Waals surface area contributed by atoms with Gasteiger partial charge in [0.05, 0.1) is 10.8 Å². The van der Waals surface area contributed by atoms with Gasteiger partial charge >= 0.3 is 5.97 Å². The van der Waals surface area contributed by atoms with E-state index in [4.69, 9.17) is 22.1 Å². The van der Waals surface area contributed by atoms with Gasteiger partial charge in [0.25, 0.3) is 5.91 Å². The van der Waals surface area contributed by atoms with Crippen LogP contribution < -0.4 is 5.73 Å². The number of hydrogen-bond acceptors (Lipinski definition) is 5. The van der Waals surface area contributed by atoms with Crippen molar-refractivity contribution < 1.29 is 19.4 Å². The van der Waals surface area contributed by atoms with E-state index in [9.17, 15) is 14.7 Å². The fourth-order valence-corrected chi connectivity index (χ4v) is 5.69. The number of amides is 1. The highest BCUT2D eigenvalue weighted by molar-refractivity contribution is 8.05. The van der Waals surface area contributed by atoms with Crippen molar-refractivity contribution in [2.45, 2.75) is 64.2 Å². The standard InChI is InChI=1S/C26H33ClN2O4S/c1-26(2,3)12-11-19-14-22(23(34-19)25(31)32)29(18-8-5-16(6-9-18)15-33-4)24(30)20-10-7-17(27)13-21(20)28/h7,10,13,16,18-19H,5-6,8-9,14-15,28H2,1-4H3,(H,31,32). The molecule has 0 spiro atoms. The molecule has 2 aliphatic rings. The van der Waals surface area contributed by atoms with Gasteiger partial charge in [0, 0.05) is 48.0 Å². The van der Waals surface area contributed by atoms with Crippen molar-refractivity contribution in [2.24, 2.45) is 11.3 Å². The Balaban J connectivity index is 1.99. The molecule has 1 fully saturated rings. The van der Waals surface area contributed by atoms with Crippen LogP contribution in [0.3, 0.4) is 0 Å². The van der Waals surface area contributed by atoms with Crippen LogP contribution in [0.15, 0.2) is 28.8 Å². The molecule has 3 N–H and O–H groups in total. The van der Waals surface area contributed by atoms with Crippen LogP contribution in [0, 0.1) is 23.2 Å². The van der Waals surface area contributed by atoms with Gasteiger partial charge < -0.3 is 20.5 Å². The minimum Gasteiger partial charge on any atom is -0.477 e. The molecule has 1 atom stereocenters. The summed E-state index contributed by atoms with van der Waals surface area (Å²) < 4.78 is 5.32. The van der Waals surface area contributed by atoms with E-state index >= 15 is 0 Å². The topological polar surface area (TPSA) is 92.9 Å². The fraction of sp³-hybridized carbons (Fsp3) is 0.538. The Morgan fingerprint density at radius 1 is 1.26 bits per heavy atom. The molecule has 1 aromatic rings. The van der Waals surface area contributed by atoms with E-state index in [1.165, 1.54) is 11.8 Å². The number of halogens is 1. The van der Waals surface area contributed by atoms with Crippen LogP contribution in [-0.4, -0.2) is 46.9 Å². The van der Waals surface area contributed by atoms with Crippen LogP contribution >= 0.6 is 23.4 Å². The summed E-state index contributed by atoms with van der Waals surface area (Å²) in [6, 6.07) is 4.68. The average Bonchev–Trinajstić information content (AvgIpc) is 3.17. The number of carbonyl (C=O) groups excluding carboxylic acids is 1. The van der Waals surface area contributed by atoms with E-state index in [2.05, 4.69) is 11.8 Å². The van der Waals surface area contributed by atoms with Gasteiger partial charge in [-0.05, 0) is 70.6 Å². The zero-order valence-corrected chi connectivity index (χ0v) is 21.8. The number of carboxylic acid groups (broad SMARTS) is 1. The Morgan fingerprint density at radius 3 is 2.50 bits per heavy atom. The van der Waals surface area contributed by atoms with E-state index in [0.29, 0.717) is 35.2 Å². The molecule has 0 aromatic heterocycles. The first-order valence-electron chi connectivity index (χ1n) is 11.5. The van der Waals surface area contributed by atoms with Gasteiger partial charge in [0.15, 0.2) is 0 Å². The van der Waals surface area contributed by atoms with Gasteiger partial charge in [-0.3, -0.25) is 4.79 Å². The number of aliphatic carboxylic acids is 1. The smallest absolute Gasteiger partial charge is 0.344 e. The summed E-state index contributed by atoms with van der Waals surface area (Å²) in [5.41, 5.74) is 7.10. The third kappa shape index (κ3) is 6.50. The number of rotatable bonds is 6. The Hall–Kier alpha value is -2.14. The SMILES string of the molecule is COCC1CCC(N(C(=O)c2ccc(Cl)cc2N)C2=C(C(=O)O)SC(C#CC(C)(C)C)C2)CC1. The molecule has 1 unspecified atom stereocenters. The second-order valence-electron chi connectivity index (χ2n) is 9.95. The summed E-state index contributed by atoms with van der Waals surface area (Å²) in [4.78, 5) is 28.0. The van der Waals surface area contributed by atoms with Crippen molar-refractivity contribution in [2.75, 3.05) is 19.5 Å². The molecular weight excluding hydrogens is 472 g/mol. The van der Waals surface area contributed by atoms with Crippen LogP contribution in [0.25, 0.3) is 0 Å². The van der Waals surface area contributed by atoms with Gasteiger partial charge in [-0.1, -0.05) is 35.2 Å². The number of nitrogens with two attached hydrogens (primary N) is 1. The molecule has 1 aliphatic heterocycles. The summed E-state index contributed by atoms with van der Waals surface area (Å²) in [6.07, 6.45) is 3.76. The highest BCUT2D eigenvalue weighted by Gasteiger charge is 2.39. The van der Waals surface area contributed by atoms with Gasteiger partial charge in [-0.25, -0.2) is 4.79 Å². The number of ether oxygens (including phenoxy) is 1. The van der Waals surface area contributed by atoms with E-state index in [1.54, 1.807) is 30.2 Å². The summed E-state index contributed by atoms with van der Waals surface area (Å²) in [5.74, 6) is 5.56. The molecular formula is C26H33ClN2O4S. The lowest BCUT2D eigenvalue weighted by Crippen LogP contribution is -2.43. The van der Waals surface area contributed by atoms with Crippen LogP contribution in [0.5, 0.6) is 0 Å². The van der Waals surface area contributed by atoms with Gasteiger partial charge in [-0.2, -0.15) is 0 Å². The first-order chi connectivity index (χ1) is 16.0. The molecule has 3 rings (SSSR count). The second-order valence-corrected chi connectivity index (χ2v) is 11.6. The highest BCUT2D eigenvalue weighted by atomic mass is 35.5.